The summed E-state index contributed by atoms with van der Waals surface area (Å²) in [6, 6.07) is 4.65. The van der Waals surface area contributed by atoms with Crippen molar-refractivity contribution in [3.63, 3.8) is 0 Å². The number of aromatic hydroxyl groups is 1. The Labute approximate surface area is 211 Å². The van der Waals surface area contributed by atoms with Crippen LogP contribution < -0.4 is 5.73 Å². The number of phenolic OH excluding ortho intramolecular Hbond substituents is 1. The third-order valence-electron chi connectivity index (χ3n) is 8.23. The Balaban J connectivity index is 1.65. The van der Waals surface area contributed by atoms with Crippen LogP contribution >= 0.6 is 11.8 Å². The number of carbonyl (C=O) groups is 3. The maximum Gasteiger partial charge on any atom is 0.255 e. The van der Waals surface area contributed by atoms with E-state index in [1.807, 2.05) is 0 Å². The lowest BCUT2D eigenvalue weighted by molar-refractivity contribution is -0.154. The van der Waals surface area contributed by atoms with Gasteiger partial charge in [0, 0.05) is 40.8 Å². The van der Waals surface area contributed by atoms with Crippen LogP contribution in [0.5, 0.6) is 5.75 Å². The molecule has 7 N–H and O–H groups in total. The molecule has 1 fully saturated rings. The lowest BCUT2D eigenvalue weighted by Gasteiger charge is -2.50. The molecule has 5 atom stereocenters. The molecule has 1 aromatic rings. The molecule has 5 rings (SSSR count). The van der Waals surface area contributed by atoms with Crippen LogP contribution in [0, 0.1) is 11.8 Å². The van der Waals surface area contributed by atoms with Gasteiger partial charge in [-0.2, -0.15) is 11.8 Å². The number of phenols is 1. The zero-order valence-corrected chi connectivity index (χ0v) is 20.3. The van der Waals surface area contributed by atoms with Gasteiger partial charge in [0.1, 0.15) is 22.8 Å². The molecule has 0 spiro atoms. The summed E-state index contributed by atoms with van der Waals surface area (Å²) in [5.74, 6) is -7.86. The van der Waals surface area contributed by atoms with Crippen molar-refractivity contribution in [2.75, 3.05) is 5.75 Å². The Morgan fingerprint density at radius 2 is 1.81 bits per heavy atom. The monoisotopic (exact) mass is 515 g/mol. The molecule has 10 heteroatoms. The summed E-state index contributed by atoms with van der Waals surface area (Å²) in [5, 5.41) is 55.6. The highest BCUT2D eigenvalue weighted by atomic mass is 32.2. The quantitative estimate of drug-likeness (QED) is 0.328. The zero-order chi connectivity index (χ0) is 25.9. The topological polar surface area (TPSA) is 178 Å². The van der Waals surface area contributed by atoms with Crippen molar-refractivity contribution in [1.29, 1.82) is 0 Å². The average molecular weight is 516 g/mol. The Bertz CT molecular complexity index is 1220. The van der Waals surface area contributed by atoms with Gasteiger partial charge < -0.3 is 31.3 Å². The standard InChI is InChI=1S/C26H29NO8S/c27-25(34)19-16(29)9-14-21(30)18-13(10-36-11-5-2-1-3-6-11)12-7-4-8-15(28)17(12)22(31)20(18)24(33)26(14,35)23(19)32/h4,7-8,11,13-14,18,21,28-30,33,35H,1-3,5-6,9-10H2,(H2,27,34)/t13-,14+,18+,21+,26+/m0/s1. The predicted octanol–water partition coefficient (Wildman–Crippen LogP) is 2.16. The minimum atomic E-state index is -2.82. The van der Waals surface area contributed by atoms with Gasteiger partial charge in [-0.25, -0.2) is 0 Å². The Hall–Kier alpha value is -2.82. The summed E-state index contributed by atoms with van der Waals surface area (Å²) in [6.45, 7) is 0. The maximum absolute atomic E-state index is 13.6. The number of Topliss-reactive ketones (excluding diaryl/α,β-unsaturated/α-hetero) is 2. The van der Waals surface area contributed by atoms with Crippen molar-refractivity contribution in [2.45, 2.75) is 61.4 Å². The summed E-state index contributed by atoms with van der Waals surface area (Å²) >= 11 is 1.71. The smallest absolute Gasteiger partial charge is 0.255 e. The molecular formula is C26H29NO8S. The molecular weight excluding hydrogens is 486 g/mol. The first-order valence-corrected chi connectivity index (χ1v) is 13.2. The van der Waals surface area contributed by atoms with Gasteiger partial charge in [-0.05, 0) is 24.5 Å². The third-order valence-corrected chi connectivity index (χ3v) is 9.73. The van der Waals surface area contributed by atoms with E-state index < -0.39 is 70.4 Å². The number of carbonyl (C=O) groups excluding carboxylic acids is 3. The Kier molecular flexibility index (Phi) is 6.17. The minimum absolute atomic E-state index is 0.0458. The van der Waals surface area contributed by atoms with Crippen LogP contribution in [0.15, 0.2) is 40.9 Å². The zero-order valence-electron chi connectivity index (χ0n) is 19.5. The number of aliphatic hydroxyl groups is 4. The highest BCUT2D eigenvalue weighted by molar-refractivity contribution is 7.99. The lowest BCUT2D eigenvalue weighted by Crippen LogP contribution is -2.62. The molecule has 1 aromatic carbocycles. The van der Waals surface area contributed by atoms with E-state index in [1.54, 1.807) is 23.9 Å². The number of fused-ring (bicyclic) bond motifs is 3. The van der Waals surface area contributed by atoms with E-state index in [4.69, 9.17) is 5.73 Å². The van der Waals surface area contributed by atoms with Gasteiger partial charge in [0.15, 0.2) is 11.4 Å². The largest absolute Gasteiger partial charge is 0.511 e. The number of rotatable bonds is 4. The first-order valence-electron chi connectivity index (χ1n) is 12.2. The van der Waals surface area contributed by atoms with E-state index in [0.717, 1.165) is 25.7 Å². The SMILES string of the molecule is NC(=O)C1=C(O)C[C@@H]2[C@@H](O)[C@H]3C(=C(O)[C@]2(O)C1=O)C(=O)c1c(O)cccc1[C@@H]3CSC1CCCCC1. The molecule has 4 aliphatic rings. The van der Waals surface area contributed by atoms with Gasteiger partial charge in [0.05, 0.1) is 11.7 Å². The van der Waals surface area contributed by atoms with Crippen LogP contribution in [0.2, 0.25) is 0 Å². The second-order valence-corrected chi connectivity index (χ2v) is 11.5. The molecule has 0 unspecified atom stereocenters. The summed E-state index contributed by atoms with van der Waals surface area (Å²) in [7, 11) is 0. The van der Waals surface area contributed by atoms with Gasteiger partial charge in [-0.15, -0.1) is 0 Å². The van der Waals surface area contributed by atoms with Crippen molar-refractivity contribution in [3.8, 4) is 5.75 Å². The molecule has 0 aromatic heterocycles. The van der Waals surface area contributed by atoms with Gasteiger partial charge in [-0.3, -0.25) is 14.4 Å². The van der Waals surface area contributed by atoms with Crippen molar-refractivity contribution < 1.29 is 39.9 Å². The third kappa shape index (κ3) is 3.49. The molecule has 192 valence electrons. The molecule has 0 radical (unpaired) electrons. The van der Waals surface area contributed by atoms with Crippen LogP contribution in [-0.2, 0) is 9.59 Å². The van der Waals surface area contributed by atoms with E-state index in [2.05, 4.69) is 0 Å². The van der Waals surface area contributed by atoms with Gasteiger partial charge in [0.25, 0.3) is 5.91 Å². The average Bonchev–Trinajstić information content (AvgIpc) is 2.84. The molecule has 0 saturated heterocycles. The van der Waals surface area contributed by atoms with Gasteiger partial charge >= 0.3 is 0 Å². The van der Waals surface area contributed by atoms with E-state index in [1.165, 1.54) is 12.5 Å². The van der Waals surface area contributed by atoms with Crippen molar-refractivity contribution in [2.24, 2.45) is 17.6 Å². The summed E-state index contributed by atoms with van der Waals surface area (Å²) < 4.78 is 0. The molecule has 1 saturated carbocycles. The van der Waals surface area contributed by atoms with E-state index in [0.29, 0.717) is 16.6 Å². The van der Waals surface area contributed by atoms with Crippen LogP contribution in [0.4, 0.5) is 0 Å². The van der Waals surface area contributed by atoms with Crippen LogP contribution in [0.1, 0.15) is 60.4 Å². The number of aliphatic hydroxyl groups excluding tert-OH is 3. The first-order chi connectivity index (χ1) is 17.1. The number of nitrogens with two attached hydrogens (primary N) is 1. The van der Waals surface area contributed by atoms with Crippen LogP contribution in [-0.4, -0.2) is 65.7 Å². The number of allylic oxidation sites excluding steroid dienone is 1. The molecule has 0 aliphatic heterocycles. The van der Waals surface area contributed by atoms with Gasteiger partial charge in [0.2, 0.25) is 5.78 Å². The number of benzene rings is 1. The highest BCUT2D eigenvalue weighted by Gasteiger charge is 2.64. The Morgan fingerprint density at radius 3 is 2.47 bits per heavy atom. The summed E-state index contributed by atoms with van der Waals surface area (Å²) in [6.07, 6.45) is 3.54. The molecule has 1 amide bonds. The maximum atomic E-state index is 13.6. The van der Waals surface area contributed by atoms with Crippen molar-refractivity contribution in [1.82, 2.24) is 0 Å². The number of thioether (sulfide) groups is 1. The van der Waals surface area contributed by atoms with Crippen molar-refractivity contribution >= 4 is 29.2 Å². The van der Waals surface area contributed by atoms with Crippen LogP contribution in [0.3, 0.4) is 0 Å². The molecule has 36 heavy (non-hydrogen) atoms. The highest BCUT2D eigenvalue weighted by Crippen LogP contribution is 2.55. The summed E-state index contributed by atoms with van der Waals surface area (Å²) in [4.78, 5) is 38.6. The normalized spacial score (nSPS) is 32.7. The van der Waals surface area contributed by atoms with E-state index >= 15 is 0 Å². The molecule has 0 heterocycles. The van der Waals surface area contributed by atoms with Gasteiger partial charge in [-0.1, -0.05) is 31.4 Å². The first kappa shape index (κ1) is 24.9. The number of hydrogen-bond donors (Lipinski definition) is 6. The fraction of sp³-hybridized carbons (Fsp3) is 0.500. The molecule has 9 nitrogen and oxygen atoms in total. The second kappa shape index (κ2) is 8.93. The minimum Gasteiger partial charge on any atom is -0.511 e. The van der Waals surface area contributed by atoms with E-state index in [9.17, 15) is 39.9 Å². The van der Waals surface area contributed by atoms with Crippen molar-refractivity contribution in [3.05, 3.63) is 52.0 Å². The summed E-state index contributed by atoms with van der Waals surface area (Å²) in [5.41, 5.74) is 1.66. The predicted molar refractivity (Wildman–Crippen MR) is 131 cm³/mol. The lowest BCUT2D eigenvalue weighted by atomic mass is 9.56. The number of primary amides is 1. The second-order valence-electron chi connectivity index (χ2n) is 10.1. The molecule has 4 aliphatic carbocycles. The number of hydrogen-bond acceptors (Lipinski definition) is 9. The fourth-order valence-corrected chi connectivity index (χ4v) is 7.98. The number of amides is 1. The molecule has 0 bridgehead atoms. The fourth-order valence-electron chi connectivity index (χ4n) is 6.44. The van der Waals surface area contributed by atoms with E-state index in [-0.39, 0.29) is 16.9 Å². The number of ketones is 2. The Morgan fingerprint density at radius 1 is 1.11 bits per heavy atom. The van der Waals surface area contributed by atoms with Crippen LogP contribution in [0.25, 0.3) is 0 Å².